The zero-order valence-corrected chi connectivity index (χ0v) is 11.1. The molecule has 4 heteroatoms. The molecule has 0 radical (unpaired) electrons. The third kappa shape index (κ3) is 3.11. The highest BCUT2D eigenvalue weighted by Crippen LogP contribution is 2.13. The van der Waals surface area contributed by atoms with E-state index in [4.69, 9.17) is 5.73 Å². The van der Waals surface area contributed by atoms with E-state index in [9.17, 15) is 4.79 Å². The maximum Gasteiger partial charge on any atom is 0.253 e. The van der Waals surface area contributed by atoms with Crippen LogP contribution in [0.3, 0.4) is 0 Å². The molecule has 3 N–H and O–H groups in total. The number of amides is 1. The number of hydrogen-bond donors (Lipinski definition) is 2. The molecule has 0 aliphatic carbocycles. The first-order valence-corrected chi connectivity index (χ1v) is 6.76. The summed E-state index contributed by atoms with van der Waals surface area (Å²) >= 11 is 1.67. The summed E-state index contributed by atoms with van der Waals surface area (Å²) in [5, 5.41) is 7.01. The Bertz CT molecular complexity index is 535. The number of carbonyl (C=O) groups is 1. The van der Waals surface area contributed by atoms with Gasteiger partial charge in [0.1, 0.15) is 0 Å². The van der Waals surface area contributed by atoms with Gasteiger partial charge >= 0.3 is 0 Å². The molecule has 0 bridgehead atoms. The summed E-state index contributed by atoms with van der Waals surface area (Å²) < 4.78 is 0. The van der Waals surface area contributed by atoms with Crippen LogP contribution in [0.15, 0.2) is 35.0 Å². The minimum atomic E-state index is -0.109. The zero-order chi connectivity index (χ0) is 13.0. The summed E-state index contributed by atoms with van der Waals surface area (Å²) in [6.07, 6.45) is 0.848. The molecule has 0 spiro atoms. The van der Waals surface area contributed by atoms with Crippen molar-refractivity contribution in [1.29, 1.82) is 0 Å². The normalized spacial score (nSPS) is 10.3. The monoisotopic (exact) mass is 260 g/mol. The first-order chi connectivity index (χ1) is 8.66. The van der Waals surface area contributed by atoms with E-state index < -0.39 is 0 Å². The lowest BCUT2D eigenvalue weighted by Crippen LogP contribution is -2.26. The van der Waals surface area contributed by atoms with E-state index in [2.05, 4.69) is 16.8 Å². The van der Waals surface area contributed by atoms with Crippen molar-refractivity contribution in [3.8, 4) is 0 Å². The Morgan fingerprint density at radius 3 is 2.89 bits per heavy atom. The molecule has 0 saturated carbocycles. The largest absolute Gasteiger partial charge is 0.398 e. The summed E-state index contributed by atoms with van der Waals surface area (Å²) in [5.74, 6) is -0.109. The van der Waals surface area contributed by atoms with E-state index in [-0.39, 0.29) is 5.91 Å². The van der Waals surface area contributed by atoms with Gasteiger partial charge in [0.25, 0.3) is 5.91 Å². The summed E-state index contributed by atoms with van der Waals surface area (Å²) in [6, 6.07) is 7.54. The molecule has 0 fully saturated rings. The number of aryl methyl sites for hydroxylation is 1. The molecule has 0 aliphatic rings. The van der Waals surface area contributed by atoms with Crippen molar-refractivity contribution < 1.29 is 4.79 Å². The fourth-order valence-electron chi connectivity index (χ4n) is 1.74. The molecule has 1 aromatic carbocycles. The molecule has 1 heterocycles. The van der Waals surface area contributed by atoms with Gasteiger partial charge in [0.15, 0.2) is 0 Å². The fraction of sp³-hybridized carbons (Fsp3) is 0.214. The molecular weight excluding hydrogens is 244 g/mol. The van der Waals surface area contributed by atoms with E-state index in [1.807, 2.05) is 24.4 Å². The van der Waals surface area contributed by atoms with Crippen LogP contribution in [0.2, 0.25) is 0 Å². The third-order valence-electron chi connectivity index (χ3n) is 2.73. The quantitative estimate of drug-likeness (QED) is 0.830. The number of hydrogen-bond acceptors (Lipinski definition) is 3. The fourth-order valence-corrected chi connectivity index (χ4v) is 2.44. The van der Waals surface area contributed by atoms with Gasteiger partial charge < -0.3 is 11.1 Å². The van der Waals surface area contributed by atoms with Crippen LogP contribution in [-0.4, -0.2) is 12.5 Å². The number of benzene rings is 1. The average molecular weight is 260 g/mol. The Morgan fingerprint density at radius 1 is 1.39 bits per heavy atom. The summed E-state index contributed by atoms with van der Waals surface area (Å²) in [5.41, 5.74) is 9.21. The zero-order valence-electron chi connectivity index (χ0n) is 10.3. The predicted octanol–water partition coefficient (Wildman–Crippen LogP) is 2.61. The van der Waals surface area contributed by atoms with Crippen LogP contribution in [0.4, 0.5) is 5.69 Å². The summed E-state index contributed by atoms with van der Waals surface area (Å²) in [7, 11) is 0. The van der Waals surface area contributed by atoms with E-state index in [1.54, 1.807) is 17.4 Å². The van der Waals surface area contributed by atoms with Crippen LogP contribution in [0.25, 0.3) is 0 Å². The standard InChI is InChI=1S/C14H16N2OS/c1-10-2-3-12(13(15)8-10)14(17)16-6-4-11-5-7-18-9-11/h2-3,5,7-9H,4,6,15H2,1H3,(H,16,17). The summed E-state index contributed by atoms with van der Waals surface area (Å²) in [4.78, 5) is 11.9. The Morgan fingerprint density at radius 2 is 2.22 bits per heavy atom. The highest BCUT2D eigenvalue weighted by atomic mass is 32.1. The van der Waals surface area contributed by atoms with Gasteiger partial charge in [-0.1, -0.05) is 6.07 Å². The van der Waals surface area contributed by atoms with Gasteiger partial charge in [-0.15, -0.1) is 0 Å². The van der Waals surface area contributed by atoms with E-state index in [1.165, 1.54) is 5.56 Å². The molecule has 18 heavy (non-hydrogen) atoms. The lowest BCUT2D eigenvalue weighted by atomic mass is 10.1. The Hall–Kier alpha value is -1.81. The highest BCUT2D eigenvalue weighted by molar-refractivity contribution is 7.07. The van der Waals surface area contributed by atoms with Gasteiger partial charge in [0.2, 0.25) is 0 Å². The topological polar surface area (TPSA) is 55.1 Å². The second-order valence-corrected chi connectivity index (χ2v) is 5.01. The Labute approximate surface area is 111 Å². The molecule has 0 saturated heterocycles. The van der Waals surface area contributed by atoms with Gasteiger partial charge in [-0.25, -0.2) is 0 Å². The number of thiophene rings is 1. The molecule has 1 aromatic heterocycles. The second kappa shape index (κ2) is 5.69. The lowest BCUT2D eigenvalue weighted by Gasteiger charge is -2.07. The summed E-state index contributed by atoms with van der Waals surface area (Å²) in [6.45, 7) is 2.58. The van der Waals surface area contributed by atoms with Crippen LogP contribution in [0.1, 0.15) is 21.5 Å². The number of nitrogens with two attached hydrogens (primary N) is 1. The first-order valence-electron chi connectivity index (χ1n) is 5.82. The van der Waals surface area contributed by atoms with Gasteiger partial charge in [-0.2, -0.15) is 11.3 Å². The molecule has 2 aromatic rings. The van der Waals surface area contributed by atoms with E-state index in [0.717, 1.165) is 12.0 Å². The van der Waals surface area contributed by atoms with Gasteiger partial charge in [-0.05, 0) is 53.4 Å². The molecule has 0 atom stereocenters. The molecule has 94 valence electrons. The highest BCUT2D eigenvalue weighted by Gasteiger charge is 2.08. The van der Waals surface area contributed by atoms with Gasteiger partial charge in [0, 0.05) is 12.2 Å². The SMILES string of the molecule is Cc1ccc(C(=O)NCCc2ccsc2)c(N)c1. The van der Waals surface area contributed by atoms with E-state index >= 15 is 0 Å². The van der Waals surface area contributed by atoms with Crippen molar-refractivity contribution in [2.75, 3.05) is 12.3 Å². The molecular formula is C14H16N2OS. The maximum absolute atomic E-state index is 11.9. The van der Waals surface area contributed by atoms with Crippen molar-refractivity contribution in [2.24, 2.45) is 0 Å². The van der Waals surface area contributed by atoms with Crippen LogP contribution < -0.4 is 11.1 Å². The third-order valence-corrected chi connectivity index (χ3v) is 3.46. The minimum Gasteiger partial charge on any atom is -0.398 e. The molecule has 0 aliphatic heterocycles. The molecule has 1 amide bonds. The van der Waals surface area contributed by atoms with Gasteiger partial charge in [-0.3, -0.25) is 4.79 Å². The second-order valence-electron chi connectivity index (χ2n) is 4.23. The van der Waals surface area contributed by atoms with Crippen molar-refractivity contribution in [2.45, 2.75) is 13.3 Å². The van der Waals surface area contributed by atoms with Crippen molar-refractivity contribution in [3.05, 3.63) is 51.7 Å². The number of carbonyl (C=O) groups excluding carboxylic acids is 1. The number of nitrogens with one attached hydrogen (secondary N) is 1. The number of nitrogen functional groups attached to an aromatic ring is 1. The van der Waals surface area contributed by atoms with Crippen LogP contribution in [0, 0.1) is 6.92 Å². The number of anilines is 1. The van der Waals surface area contributed by atoms with Crippen LogP contribution >= 0.6 is 11.3 Å². The minimum absolute atomic E-state index is 0.109. The average Bonchev–Trinajstić information content (AvgIpc) is 2.81. The molecule has 2 rings (SSSR count). The maximum atomic E-state index is 11.9. The van der Waals surface area contributed by atoms with Crippen LogP contribution in [-0.2, 0) is 6.42 Å². The van der Waals surface area contributed by atoms with Crippen molar-refractivity contribution >= 4 is 22.9 Å². The van der Waals surface area contributed by atoms with Gasteiger partial charge in [0.05, 0.1) is 5.56 Å². The van der Waals surface area contributed by atoms with Crippen molar-refractivity contribution in [1.82, 2.24) is 5.32 Å². The molecule has 0 unspecified atom stereocenters. The Balaban J connectivity index is 1.91. The lowest BCUT2D eigenvalue weighted by molar-refractivity contribution is 0.0955. The predicted molar refractivity (Wildman–Crippen MR) is 75.9 cm³/mol. The van der Waals surface area contributed by atoms with Crippen molar-refractivity contribution in [3.63, 3.8) is 0 Å². The Kier molecular flexibility index (Phi) is 3.99. The first kappa shape index (κ1) is 12.6. The van der Waals surface area contributed by atoms with Crippen LogP contribution in [0.5, 0.6) is 0 Å². The smallest absolute Gasteiger partial charge is 0.253 e. The number of rotatable bonds is 4. The molecule has 3 nitrogen and oxygen atoms in total. The van der Waals surface area contributed by atoms with E-state index in [0.29, 0.717) is 17.8 Å².